The van der Waals surface area contributed by atoms with E-state index in [1.165, 1.54) is 0 Å². The number of nitrogens with zero attached hydrogens (tertiary/aromatic N) is 1. The van der Waals surface area contributed by atoms with E-state index < -0.39 is 0 Å². The van der Waals surface area contributed by atoms with Gasteiger partial charge < -0.3 is 20.1 Å². The van der Waals surface area contributed by atoms with E-state index in [-0.39, 0.29) is 0 Å². The largest absolute Gasteiger partial charge is 0.486 e. The quantitative estimate of drug-likeness (QED) is 0.787. The van der Waals surface area contributed by atoms with E-state index in [1.807, 2.05) is 12.1 Å². The first kappa shape index (κ1) is 11.1. The molecule has 0 unspecified atom stereocenters. The first-order chi connectivity index (χ1) is 7.70. The molecule has 0 saturated heterocycles. The zero-order chi connectivity index (χ0) is 11.5. The third-order valence-electron chi connectivity index (χ3n) is 2.78. The van der Waals surface area contributed by atoms with Gasteiger partial charge in [-0.05, 0) is 25.2 Å². The van der Waals surface area contributed by atoms with E-state index >= 15 is 0 Å². The summed E-state index contributed by atoms with van der Waals surface area (Å²) in [5.41, 5.74) is 7.84. The molecule has 0 radical (unpaired) electrons. The van der Waals surface area contributed by atoms with Crippen LogP contribution in [0.3, 0.4) is 0 Å². The van der Waals surface area contributed by atoms with Gasteiger partial charge in [-0.2, -0.15) is 0 Å². The number of ether oxygens (including phenoxy) is 2. The van der Waals surface area contributed by atoms with E-state index in [2.05, 4.69) is 18.9 Å². The summed E-state index contributed by atoms with van der Waals surface area (Å²) in [4.78, 5) is 2.20. The molecule has 2 rings (SSSR count). The molecule has 0 spiro atoms. The molecular formula is C12H18N2O2. The highest BCUT2D eigenvalue weighted by Gasteiger charge is 2.14. The van der Waals surface area contributed by atoms with Gasteiger partial charge in [-0.25, -0.2) is 0 Å². The Morgan fingerprint density at radius 2 is 1.88 bits per heavy atom. The predicted molar refractivity (Wildman–Crippen MR) is 63.9 cm³/mol. The van der Waals surface area contributed by atoms with Crippen molar-refractivity contribution in [3.05, 3.63) is 17.7 Å². The Labute approximate surface area is 95.9 Å². The molecule has 0 aromatic heterocycles. The average molecular weight is 222 g/mol. The number of nitrogen functional groups attached to an aromatic ring is 1. The van der Waals surface area contributed by atoms with Gasteiger partial charge in [0.05, 0.1) is 0 Å². The zero-order valence-corrected chi connectivity index (χ0v) is 9.82. The van der Waals surface area contributed by atoms with Crippen LogP contribution < -0.4 is 15.2 Å². The predicted octanol–water partition coefficient (Wildman–Crippen LogP) is 1.49. The number of anilines is 1. The lowest BCUT2D eigenvalue weighted by Gasteiger charge is -2.21. The van der Waals surface area contributed by atoms with Gasteiger partial charge >= 0.3 is 0 Å². The summed E-state index contributed by atoms with van der Waals surface area (Å²) in [6, 6.07) is 3.84. The second-order valence-corrected chi connectivity index (χ2v) is 4.03. The fourth-order valence-electron chi connectivity index (χ4n) is 1.69. The fourth-order valence-corrected chi connectivity index (χ4v) is 1.69. The first-order valence-electron chi connectivity index (χ1n) is 5.57. The highest BCUT2D eigenvalue weighted by Crippen LogP contribution is 2.34. The van der Waals surface area contributed by atoms with Gasteiger partial charge in [0.2, 0.25) is 0 Å². The first-order valence-corrected chi connectivity index (χ1v) is 5.57. The lowest BCUT2D eigenvalue weighted by atomic mass is 10.1. The smallest absolute Gasteiger partial charge is 0.163 e. The van der Waals surface area contributed by atoms with Gasteiger partial charge in [0, 0.05) is 18.3 Å². The number of fused-ring (bicyclic) bond motifs is 1. The zero-order valence-electron chi connectivity index (χ0n) is 9.82. The number of benzene rings is 1. The van der Waals surface area contributed by atoms with Crippen molar-refractivity contribution in [2.45, 2.75) is 13.5 Å². The van der Waals surface area contributed by atoms with Crippen LogP contribution in [0.5, 0.6) is 11.5 Å². The van der Waals surface area contributed by atoms with E-state index in [9.17, 15) is 0 Å². The summed E-state index contributed by atoms with van der Waals surface area (Å²) in [5, 5.41) is 0. The summed E-state index contributed by atoms with van der Waals surface area (Å²) in [5.74, 6) is 1.56. The molecule has 0 aliphatic carbocycles. The van der Waals surface area contributed by atoms with Gasteiger partial charge in [-0.15, -0.1) is 0 Å². The van der Waals surface area contributed by atoms with Gasteiger partial charge in [-0.1, -0.05) is 6.92 Å². The molecule has 88 valence electrons. The van der Waals surface area contributed by atoms with Crippen molar-refractivity contribution < 1.29 is 9.47 Å². The van der Waals surface area contributed by atoms with Gasteiger partial charge in [0.25, 0.3) is 0 Å². The van der Waals surface area contributed by atoms with Crippen molar-refractivity contribution in [1.82, 2.24) is 4.90 Å². The molecule has 1 aromatic carbocycles. The van der Waals surface area contributed by atoms with Crippen LogP contribution in [-0.4, -0.2) is 31.7 Å². The summed E-state index contributed by atoms with van der Waals surface area (Å²) >= 11 is 0. The molecule has 0 amide bonds. The maximum atomic E-state index is 5.99. The standard InChI is InChI=1S/C12H18N2O2/c1-3-14(2)8-9-6-11-12(7-10(9)13)16-5-4-15-11/h6-7H,3-5,8,13H2,1-2H3. The molecule has 1 aliphatic heterocycles. The Kier molecular flexibility index (Phi) is 3.19. The molecular weight excluding hydrogens is 204 g/mol. The molecule has 1 aliphatic rings. The van der Waals surface area contributed by atoms with Crippen LogP contribution in [0.15, 0.2) is 12.1 Å². The highest BCUT2D eigenvalue weighted by molar-refractivity contribution is 5.58. The molecule has 0 bridgehead atoms. The summed E-state index contributed by atoms with van der Waals surface area (Å²) in [6.45, 7) is 5.15. The SMILES string of the molecule is CCN(C)Cc1cc2c(cc1N)OCCO2. The molecule has 0 fully saturated rings. The highest BCUT2D eigenvalue weighted by atomic mass is 16.6. The lowest BCUT2D eigenvalue weighted by molar-refractivity contribution is 0.171. The lowest BCUT2D eigenvalue weighted by Crippen LogP contribution is -2.19. The molecule has 0 saturated carbocycles. The van der Waals surface area contributed by atoms with E-state index in [0.717, 1.165) is 35.8 Å². The fraction of sp³-hybridized carbons (Fsp3) is 0.500. The number of nitrogens with two attached hydrogens (primary N) is 1. The Morgan fingerprint density at radius 3 is 2.50 bits per heavy atom. The minimum absolute atomic E-state index is 0.598. The second kappa shape index (κ2) is 4.61. The van der Waals surface area contributed by atoms with Crippen molar-refractivity contribution in [1.29, 1.82) is 0 Å². The van der Waals surface area contributed by atoms with Crippen LogP contribution in [0.1, 0.15) is 12.5 Å². The molecule has 4 nitrogen and oxygen atoms in total. The number of hydrogen-bond acceptors (Lipinski definition) is 4. The van der Waals surface area contributed by atoms with Gasteiger partial charge in [0.1, 0.15) is 13.2 Å². The molecule has 0 atom stereocenters. The van der Waals surface area contributed by atoms with Crippen molar-refractivity contribution >= 4 is 5.69 Å². The molecule has 1 aromatic rings. The third kappa shape index (κ3) is 2.22. The summed E-state index contributed by atoms with van der Waals surface area (Å²) in [7, 11) is 2.07. The van der Waals surface area contributed by atoms with Crippen molar-refractivity contribution in [2.75, 3.05) is 32.5 Å². The van der Waals surface area contributed by atoms with Crippen LogP contribution in [0, 0.1) is 0 Å². The van der Waals surface area contributed by atoms with E-state index in [4.69, 9.17) is 15.2 Å². The molecule has 16 heavy (non-hydrogen) atoms. The number of hydrogen-bond donors (Lipinski definition) is 1. The van der Waals surface area contributed by atoms with E-state index in [0.29, 0.717) is 13.2 Å². The Morgan fingerprint density at radius 1 is 1.25 bits per heavy atom. The van der Waals surface area contributed by atoms with E-state index in [1.54, 1.807) is 0 Å². The van der Waals surface area contributed by atoms with Gasteiger partial charge in [-0.3, -0.25) is 0 Å². The van der Waals surface area contributed by atoms with Crippen LogP contribution >= 0.6 is 0 Å². The van der Waals surface area contributed by atoms with Crippen molar-refractivity contribution in [3.63, 3.8) is 0 Å². The second-order valence-electron chi connectivity index (χ2n) is 4.03. The monoisotopic (exact) mass is 222 g/mol. The maximum Gasteiger partial charge on any atom is 0.163 e. The van der Waals surface area contributed by atoms with Crippen LogP contribution in [0.4, 0.5) is 5.69 Å². The normalized spacial score (nSPS) is 14.2. The Bertz CT molecular complexity index is 380. The summed E-state index contributed by atoms with van der Waals surface area (Å²) in [6.07, 6.45) is 0. The average Bonchev–Trinajstić information content (AvgIpc) is 2.30. The van der Waals surface area contributed by atoms with Crippen molar-refractivity contribution in [2.24, 2.45) is 0 Å². The van der Waals surface area contributed by atoms with Crippen LogP contribution in [0.25, 0.3) is 0 Å². The number of rotatable bonds is 3. The molecule has 4 heteroatoms. The topological polar surface area (TPSA) is 47.7 Å². The Hall–Kier alpha value is -1.42. The molecule has 1 heterocycles. The van der Waals surface area contributed by atoms with Crippen LogP contribution in [0.2, 0.25) is 0 Å². The maximum absolute atomic E-state index is 5.99. The Balaban J connectivity index is 2.25. The van der Waals surface area contributed by atoms with Crippen LogP contribution in [-0.2, 0) is 6.54 Å². The van der Waals surface area contributed by atoms with Crippen molar-refractivity contribution in [3.8, 4) is 11.5 Å². The van der Waals surface area contributed by atoms with Gasteiger partial charge in [0.15, 0.2) is 11.5 Å². The summed E-state index contributed by atoms with van der Waals surface area (Å²) < 4.78 is 11.0. The third-order valence-corrected chi connectivity index (χ3v) is 2.78. The minimum atomic E-state index is 0.598. The minimum Gasteiger partial charge on any atom is -0.486 e. The molecule has 2 N–H and O–H groups in total.